The summed E-state index contributed by atoms with van der Waals surface area (Å²) in [5.41, 5.74) is 10.8. The summed E-state index contributed by atoms with van der Waals surface area (Å²) < 4.78 is 26.4. The molecule has 0 bridgehead atoms. The molecule has 0 amide bonds. The van der Waals surface area contributed by atoms with Crippen molar-refractivity contribution in [2.24, 2.45) is 0 Å². The number of ether oxygens (including phenoxy) is 4. The van der Waals surface area contributed by atoms with E-state index in [1.54, 1.807) is 34.8 Å². The van der Waals surface area contributed by atoms with Crippen LogP contribution in [0.3, 0.4) is 0 Å². The van der Waals surface area contributed by atoms with Gasteiger partial charge in [0.25, 0.3) is 0 Å². The molecule has 9 aromatic rings. The maximum atomic E-state index is 14.9. The van der Waals surface area contributed by atoms with E-state index in [-0.39, 0.29) is 33.9 Å². The lowest BCUT2D eigenvalue weighted by atomic mass is 9.68. The Morgan fingerprint density at radius 1 is 0.327 bits per heavy atom. The highest BCUT2D eigenvalue weighted by Gasteiger charge is 2.54. The zero-order valence-corrected chi connectivity index (χ0v) is 65.8. The van der Waals surface area contributed by atoms with E-state index in [0.717, 1.165) is 150 Å². The first kappa shape index (κ1) is 77.6. The van der Waals surface area contributed by atoms with Crippen molar-refractivity contribution in [2.45, 2.75) is 193 Å². The molecule has 2 heterocycles. The van der Waals surface area contributed by atoms with Gasteiger partial charge in [0.2, 0.25) is 0 Å². The van der Waals surface area contributed by atoms with Crippen LogP contribution in [-0.4, -0.2) is 38.0 Å². The van der Waals surface area contributed by atoms with Gasteiger partial charge in [0.1, 0.15) is 58.4 Å². The number of hydrogen-bond donors (Lipinski definition) is 0. The van der Waals surface area contributed by atoms with E-state index in [0.29, 0.717) is 59.8 Å². The molecule has 2 aromatic heterocycles. The molecule has 0 fully saturated rings. The van der Waals surface area contributed by atoms with Gasteiger partial charge in [0.05, 0.1) is 37.3 Å². The highest BCUT2D eigenvalue weighted by atomic mass is 32.1. The summed E-state index contributed by atoms with van der Waals surface area (Å²) in [6, 6.07) is 66.7. The fourth-order valence-corrected chi connectivity index (χ4v) is 19.5. The Hall–Kier alpha value is -10.6. The van der Waals surface area contributed by atoms with E-state index in [1.165, 1.54) is 103 Å². The molecule has 4 aliphatic rings. The van der Waals surface area contributed by atoms with E-state index in [2.05, 4.69) is 173 Å². The number of nitriles is 4. The van der Waals surface area contributed by atoms with Gasteiger partial charge in [0.15, 0.2) is 11.6 Å². The first-order valence-corrected chi connectivity index (χ1v) is 42.0. The van der Waals surface area contributed by atoms with E-state index in [9.17, 15) is 30.6 Å². The van der Waals surface area contributed by atoms with Gasteiger partial charge in [-0.05, 0) is 177 Å². The number of fused-ring (bicyclic) bond motifs is 8. The average Bonchev–Trinajstić information content (AvgIpc) is 1.50. The summed E-state index contributed by atoms with van der Waals surface area (Å²) in [4.78, 5) is 33.5. The Morgan fingerprint density at radius 3 is 0.864 bits per heavy atom. The highest BCUT2D eigenvalue weighted by molar-refractivity contribution is 7.14. The highest BCUT2D eigenvalue weighted by Crippen LogP contribution is 2.66. The molecule has 0 unspecified atom stereocenters. The molecule has 0 saturated carbocycles. The van der Waals surface area contributed by atoms with Crippen LogP contribution in [0.25, 0.3) is 45.6 Å². The monoisotopic (exact) mass is 1490 g/mol. The molecule has 12 heteroatoms. The topological polar surface area (TPSA) is 166 Å². The van der Waals surface area contributed by atoms with Crippen molar-refractivity contribution < 1.29 is 28.5 Å². The Labute approximate surface area is 658 Å². The van der Waals surface area contributed by atoms with Gasteiger partial charge in [0, 0.05) is 52.9 Å². The van der Waals surface area contributed by atoms with Crippen molar-refractivity contribution in [3.05, 3.63) is 267 Å². The molecule has 13 rings (SSSR count). The zero-order chi connectivity index (χ0) is 76.4. The Balaban J connectivity index is 1.05. The fourth-order valence-electron chi connectivity index (χ4n) is 16.8. The first-order valence-electron chi connectivity index (χ1n) is 40.3. The lowest BCUT2D eigenvalue weighted by molar-refractivity contribution is 0.103. The van der Waals surface area contributed by atoms with E-state index in [4.69, 9.17) is 18.9 Å². The van der Waals surface area contributed by atoms with Crippen LogP contribution in [0.4, 0.5) is 0 Å². The largest absolute Gasteiger partial charge is 0.494 e. The zero-order valence-electron chi connectivity index (χ0n) is 64.2. The van der Waals surface area contributed by atoms with Crippen LogP contribution in [0.5, 0.6) is 23.0 Å². The van der Waals surface area contributed by atoms with Gasteiger partial charge in [-0.3, -0.25) is 9.59 Å². The number of rotatable bonds is 38. The minimum absolute atomic E-state index is 0.129. The number of benzene rings is 7. The minimum atomic E-state index is -1.04. The average molecular weight is 1490 g/mol. The maximum Gasteiger partial charge on any atom is 0.194 e. The predicted octanol–water partition coefficient (Wildman–Crippen LogP) is 25.7. The lowest BCUT2D eigenvalue weighted by Crippen LogP contribution is -2.29. The van der Waals surface area contributed by atoms with Crippen LogP contribution < -0.4 is 18.9 Å². The molecule has 0 spiro atoms. The number of carbonyl (C=O) groups excluding carboxylic acids is 2. The van der Waals surface area contributed by atoms with Crippen LogP contribution in [0.2, 0.25) is 0 Å². The summed E-state index contributed by atoms with van der Waals surface area (Å²) >= 11 is 3.20. The first-order chi connectivity index (χ1) is 54.1. The quantitative estimate of drug-likeness (QED) is 0.0206. The molecule has 110 heavy (non-hydrogen) atoms. The molecule has 0 atom stereocenters. The number of nitrogens with zero attached hydrogens (tertiary/aromatic N) is 4. The van der Waals surface area contributed by atoms with Crippen LogP contribution in [-0.2, 0) is 10.8 Å². The molecular weight excluding hydrogens is 1390 g/mol. The third-order valence-electron chi connectivity index (χ3n) is 22.4. The number of unbranched alkanes of at least 4 members (excludes halogenated alkanes) is 20. The van der Waals surface area contributed by atoms with Crippen molar-refractivity contribution in [1.82, 2.24) is 0 Å². The number of thiophene rings is 2. The van der Waals surface area contributed by atoms with Gasteiger partial charge < -0.3 is 18.9 Å². The summed E-state index contributed by atoms with van der Waals surface area (Å²) in [6.07, 6.45) is 31.3. The second-order valence-electron chi connectivity index (χ2n) is 29.6. The van der Waals surface area contributed by atoms with Gasteiger partial charge in [-0.1, -0.05) is 253 Å². The molecular formula is C98H98N4O6S2. The second kappa shape index (κ2) is 36.7. The van der Waals surface area contributed by atoms with Crippen LogP contribution in [0.15, 0.2) is 192 Å². The number of hydrogen-bond acceptors (Lipinski definition) is 12. The van der Waals surface area contributed by atoms with E-state index < -0.39 is 10.8 Å². The van der Waals surface area contributed by atoms with E-state index in [1.807, 2.05) is 48.6 Å². The van der Waals surface area contributed by atoms with Crippen molar-refractivity contribution in [3.63, 3.8) is 0 Å². The SMILES string of the molecule is CCCCCCCCOc1ccc(C2(c3ccc(OCCCCCCCC)cc3)c3cc4c(cc3-c3cc(/C=C5\C(=O)c6ccccc6C5=C(C#N)C#N)sc32)C(c2ccc(OCCCCCCCC)cc2)(c2ccc(OCCCCCCCC)cc2)c2sc(/C=C3\C(=O)c5ccccc5C3=C(C#N)C#N)cc2-4)cc1. The summed E-state index contributed by atoms with van der Waals surface area (Å²) in [7, 11) is 0. The standard InChI is InChI=1S/C98H98N4O6S2/c1-5-9-13-17-21-29-53-105-73-45-37-69(38-46-73)97(70-39-47-74(48-40-70)106-54-30-22-18-14-10-6-2)89-61-84-86-58-78(60-88-92(68(65-101)66-102)80-34-26-28-36-82(80)94(88)104)110-96(86)98(71-41-49-75(50-42-71)107-55-31-23-19-15-11-7-3,72-43-51-76(52-44-72)108-56-32-24-20-16-12-8-4)90(84)62-83(89)85-57-77(109-95(85)97)59-87-91(67(63-99)64-100)79-33-25-27-35-81(79)93(87)103/h25-28,33-52,57-62H,5-24,29-32,53-56H2,1-4H3/b87-59-,88-60-. The van der Waals surface area contributed by atoms with Crippen molar-refractivity contribution in [3.8, 4) is 69.5 Å². The predicted molar refractivity (Wildman–Crippen MR) is 446 cm³/mol. The summed E-state index contributed by atoms with van der Waals surface area (Å²) in [5, 5.41) is 42.4. The number of carbonyl (C=O) groups is 2. The third-order valence-corrected chi connectivity index (χ3v) is 24.8. The molecule has 4 aliphatic carbocycles. The Bertz CT molecular complexity index is 4640. The minimum Gasteiger partial charge on any atom is -0.494 e. The van der Waals surface area contributed by atoms with Crippen molar-refractivity contribution in [2.75, 3.05) is 26.4 Å². The smallest absolute Gasteiger partial charge is 0.194 e. The van der Waals surface area contributed by atoms with Crippen LogP contribution in [0, 0.1) is 45.3 Å². The van der Waals surface area contributed by atoms with Gasteiger partial charge in [-0.2, -0.15) is 21.0 Å². The number of allylic oxidation sites excluding steroid dienone is 6. The van der Waals surface area contributed by atoms with Crippen molar-refractivity contribution >= 4 is 57.5 Å². The summed E-state index contributed by atoms with van der Waals surface area (Å²) in [6.45, 7) is 11.3. The number of Topliss-reactive ketones (excluding diaryl/α,β-unsaturated/α-hetero) is 2. The summed E-state index contributed by atoms with van der Waals surface area (Å²) in [5.74, 6) is 2.59. The second-order valence-corrected chi connectivity index (χ2v) is 31.8. The maximum absolute atomic E-state index is 14.9. The Kier molecular flexibility index (Phi) is 25.9. The number of ketones is 2. The van der Waals surface area contributed by atoms with Crippen LogP contribution in [0.1, 0.15) is 267 Å². The van der Waals surface area contributed by atoms with Crippen molar-refractivity contribution in [1.29, 1.82) is 21.0 Å². The van der Waals surface area contributed by atoms with Gasteiger partial charge in [-0.25, -0.2) is 0 Å². The van der Waals surface area contributed by atoms with Crippen LogP contribution >= 0.6 is 22.7 Å². The molecule has 10 nitrogen and oxygen atoms in total. The Morgan fingerprint density at radius 2 is 0.591 bits per heavy atom. The van der Waals surface area contributed by atoms with Gasteiger partial charge in [-0.15, -0.1) is 22.7 Å². The fraction of sp³-hybridized carbons (Fsp3) is 0.347. The molecule has 0 N–H and O–H groups in total. The molecule has 0 aliphatic heterocycles. The van der Waals surface area contributed by atoms with E-state index >= 15 is 0 Å². The lowest BCUT2D eigenvalue weighted by Gasteiger charge is -2.35. The molecule has 0 radical (unpaired) electrons. The normalized spacial score (nSPS) is 14.4. The molecule has 7 aromatic carbocycles. The van der Waals surface area contributed by atoms with Gasteiger partial charge >= 0.3 is 0 Å². The third kappa shape index (κ3) is 15.8. The molecule has 0 saturated heterocycles. The molecule has 558 valence electrons.